The predicted molar refractivity (Wildman–Crippen MR) is 159 cm³/mol. The van der Waals surface area contributed by atoms with Crippen LogP contribution in [0.25, 0.3) is 0 Å². The summed E-state index contributed by atoms with van der Waals surface area (Å²) in [5.41, 5.74) is 1.32. The molecule has 0 spiro atoms. The van der Waals surface area contributed by atoms with Gasteiger partial charge in [-0.25, -0.2) is 0 Å². The van der Waals surface area contributed by atoms with Gasteiger partial charge in [0, 0.05) is 13.5 Å². The fourth-order valence-electron chi connectivity index (χ4n) is 4.74. The number of ether oxygens (including phenoxy) is 1. The number of hydrogen-bond donors (Lipinski definition) is 5. The number of rotatable bonds is 14. The van der Waals surface area contributed by atoms with Gasteiger partial charge in [-0.3, -0.25) is 14.4 Å². The maximum absolute atomic E-state index is 13.8. The highest BCUT2D eigenvalue weighted by Crippen LogP contribution is 2.29. The minimum atomic E-state index is -1.60. The van der Waals surface area contributed by atoms with Gasteiger partial charge in [-0.1, -0.05) is 50.2 Å². The molecule has 2 aromatic carbocycles. The number of aromatic hydroxyl groups is 1. The number of esters is 1. The molecule has 0 aliphatic heterocycles. The Morgan fingerprint density at radius 1 is 0.902 bits per heavy atom. The molecule has 0 saturated carbocycles. The van der Waals surface area contributed by atoms with Crippen LogP contribution in [0, 0.1) is 17.8 Å². The molecule has 3 atom stereocenters. The van der Waals surface area contributed by atoms with E-state index in [1.807, 2.05) is 26.0 Å². The van der Waals surface area contributed by atoms with Crippen LogP contribution in [-0.2, 0) is 32.0 Å². The molecule has 0 saturated heterocycles. The lowest BCUT2D eigenvalue weighted by atomic mass is 9.80. The number of nitrogens with one attached hydrogen (secondary N) is 2. The summed E-state index contributed by atoms with van der Waals surface area (Å²) in [6, 6.07) is 12.5. The molecule has 2 aromatic rings. The second kappa shape index (κ2) is 15.6. The van der Waals surface area contributed by atoms with E-state index in [0.717, 1.165) is 11.1 Å². The summed E-state index contributed by atoms with van der Waals surface area (Å²) in [6.07, 6.45) is 2.31. The van der Waals surface area contributed by atoms with Crippen molar-refractivity contribution in [1.29, 1.82) is 0 Å². The number of carbonyl (C=O) groups is 3. The summed E-state index contributed by atoms with van der Waals surface area (Å²) in [5.74, 6) is -2.37. The molecular weight excluding hydrogens is 523 g/mol. The topological polar surface area (TPSA) is 145 Å². The molecule has 0 bridgehead atoms. The summed E-state index contributed by atoms with van der Waals surface area (Å²) in [7, 11) is -0.111. The molecule has 0 unspecified atom stereocenters. The van der Waals surface area contributed by atoms with E-state index in [4.69, 9.17) is 4.74 Å². The van der Waals surface area contributed by atoms with Crippen molar-refractivity contribution in [2.45, 2.75) is 78.4 Å². The van der Waals surface area contributed by atoms with Crippen LogP contribution in [0.3, 0.4) is 0 Å². The Bertz CT molecular complexity index is 1130. The van der Waals surface area contributed by atoms with Gasteiger partial charge in [0.15, 0.2) is 0 Å². The fraction of sp³-hybridized carbons (Fsp3) is 0.516. The SMILES string of the molecule is CNC(=O)[C@H](Cc1ccc(B(O)O)cc1)NC(=O)[C@H](CC(C)C)[C@H](CCCc1ccc(O)cc1)C(=O)OC(C)(C)C. The number of aryl methyl sites for hydroxylation is 1. The van der Waals surface area contributed by atoms with Gasteiger partial charge >= 0.3 is 13.1 Å². The molecule has 224 valence electrons. The highest BCUT2D eigenvalue weighted by Gasteiger charge is 2.38. The minimum Gasteiger partial charge on any atom is -0.508 e. The van der Waals surface area contributed by atoms with Crippen molar-refractivity contribution < 1.29 is 34.3 Å². The van der Waals surface area contributed by atoms with Crippen molar-refractivity contribution in [3.05, 3.63) is 59.7 Å². The lowest BCUT2D eigenvalue weighted by molar-refractivity contribution is -0.164. The van der Waals surface area contributed by atoms with Gasteiger partial charge in [-0.05, 0) is 81.1 Å². The maximum atomic E-state index is 13.8. The van der Waals surface area contributed by atoms with Crippen molar-refractivity contribution in [1.82, 2.24) is 10.6 Å². The van der Waals surface area contributed by atoms with Crippen LogP contribution in [0.1, 0.15) is 65.0 Å². The van der Waals surface area contributed by atoms with E-state index in [1.165, 1.54) is 7.05 Å². The van der Waals surface area contributed by atoms with Gasteiger partial charge in [0.05, 0.1) is 11.8 Å². The molecule has 0 aliphatic carbocycles. The molecule has 41 heavy (non-hydrogen) atoms. The van der Waals surface area contributed by atoms with E-state index < -0.39 is 42.5 Å². The summed E-state index contributed by atoms with van der Waals surface area (Å²) < 4.78 is 5.76. The second-order valence-electron chi connectivity index (χ2n) is 11.9. The van der Waals surface area contributed by atoms with E-state index in [0.29, 0.717) is 31.1 Å². The molecule has 0 radical (unpaired) electrons. The Labute approximate surface area is 243 Å². The second-order valence-corrected chi connectivity index (χ2v) is 11.9. The summed E-state index contributed by atoms with van der Waals surface area (Å²) in [4.78, 5) is 40.1. The summed E-state index contributed by atoms with van der Waals surface area (Å²) >= 11 is 0. The number of hydrogen-bond acceptors (Lipinski definition) is 7. The zero-order valence-electron chi connectivity index (χ0n) is 25.0. The molecule has 2 amide bonds. The number of phenolic OH excluding ortho intramolecular Hbond substituents is 1. The van der Waals surface area contributed by atoms with Crippen LogP contribution in [0.2, 0.25) is 0 Å². The van der Waals surface area contributed by atoms with Gasteiger partial charge in [0.25, 0.3) is 0 Å². The van der Waals surface area contributed by atoms with Gasteiger partial charge < -0.3 is 30.5 Å². The van der Waals surface area contributed by atoms with Gasteiger partial charge in [0.1, 0.15) is 17.4 Å². The third-order valence-corrected chi connectivity index (χ3v) is 6.77. The maximum Gasteiger partial charge on any atom is 0.488 e. The molecule has 0 fully saturated rings. The average molecular weight is 569 g/mol. The van der Waals surface area contributed by atoms with Crippen LogP contribution >= 0.6 is 0 Å². The monoisotopic (exact) mass is 568 g/mol. The highest BCUT2D eigenvalue weighted by molar-refractivity contribution is 6.58. The van der Waals surface area contributed by atoms with Crippen LogP contribution in [0.15, 0.2) is 48.5 Å². The van der Waals surface area contributed by atoms with E-state index in [2.05, 4.69) is 10.6 Å². The average Bonchev–Trinajstić information content (AvgIpc) is 2.89. The van der Waals surface area contributed by atoms with Crippen LogP contribution in [-0.4, -0.2) is 58.7 Å². The van der Waals surface area contributed by atoms with E-state index in [1.54, 1.807) is 57.2 Å². The largest absolute Gasteiger partial charge is 0.508 e. The van der Waals surface area contributed by atoms with Crippen molar-refractivity contribution >= 4 is 30.4 Å². The fourth-order valence-corrected chi connectivity index (χ4v) is 4.74. The zero-order chi connectivity index (χ0) is 30.7. The van der Waals surface area contributed by atoms with E-state index in [-0.39, 0.29) is 24.0 Å². The number of benzene rings is 2. The van der Waals surface area contributed by atoms with Gasteiger partial charge in [-0.2, -0.15) is 0 Å². The number of carbonyl (C=O) groups excluding carboxylic acids is 3. The van der Waals surface area contributed by atoms with Crippen LogP contribution in [0.5, 0.6) is 5.75 Å². The molecule has 0 aliphatic rings. The minimum absolute atomic E-state index is 0.101. The number of amides is 2. The third-order valence-electron chi connectivity index (χ3n) is 6.77. The first-order valence-electron chi connectivity index (χ1n) is 14.2. The Hall–Kier alpha value is -3.37. The van der Waals surface area contributed by atoms with E-state index in [9.17, 15) is 29.5 Å². The van der Waals surface area contributed by atoms with Gasteiger partial charge in [0.2, 0.25) is 11.8 Å². The van der Waals surface area contributed by atoms with Gasteiger partial charge in [-0.15, -0.1) is 0 Å². The Kier molecular flexibility index (Phi) is 12.9. The molecule has 10 heteroatoms. The Morgan fingerprint density at radius 2 is 1.49 bits per heavy atom. The van der Waals surface area contributed by atoms with E-state index >= 15 is 0 Å². The van der Waals surface area contributed by atoms with Crippen LogP contribution in [0.4, 0.5) is 0 Å². The summed E-state index contributed by atoms with van der Waals surface area (Å²) in [5, 5.41) is 33.8. The van der Waals surface area contributed by atoms with Crippen molar-refractivity contribution in [2.24, 2.45) is 17.8 Å². The smallest absolute Gasteiger partial charge is 0.488 e. The predicted octanol–water partition coefficient (Wildman–Crippen LogP) is 2.49. The number of phenols is 1. The normalized spacial score (nSPS) is 13.7. The number of likely N-dealkylation sites (N-methyl/N-ethyl adjacent to an activating group) is 1. The highest BCUT2D eigenvalue weighted by atomic mass is 16.6. The first-order valence-corrected chi connectivity index (χ1v) is 14.2. The summed E-state index contributed by atoms with van der Waals surface area (Å²) in [6.45, 7) is 9.34. The molecule has 5 N–H and O–H groups in total. The van der Waals surface area contributed by atoms with Crippen LogP contribution < -0.4 is 16.1 Å². The standard InChI is InChI=1S/C31H45BN2O7/c1-20(2)18-26(25(30(38)41-31(3,4)5)9-7-8-21-12-16-24(35)17-13-21)28(36)34-27(29(37)33-6)19-22-10-14-23(15-11-22)32(39)40/h10-17,20,25-27,35,39-40H,7-9,18-19H2,1-6H3,(H,33,37)(H,34,36)/t25-,26+,27-/m0/s1. The molecule has 9 nitrogen and oxygen atoms in total. The third kappa shape index (κ3) is 11.6. The van der Waals surface area contributed by atoms with Crippen molar-refractivity contribution in [3.63, 3.8) is 0 Å². The van der Waals surface area contributed by atoms with Crippen molar-refractivity contribution in [3.8, 4) is 5.75 Å². The zero-order valence-corrected chi connectivity index (χ0v) is 25.0. The Balaban J connectivity index is 2.30. The Morgan fingerprint density at radius 3 is 2.00 bits per heavy atom. The molecule has 0 heterocycles. The lowest BCUT2D eigenvalue weighted by Crippen LogP contribution is -2.51. The van der Waals surface area contributed by atoms with Crippen molar-refractivity contribution in [2.75, 3.05) is 7.05 Å². The quantitative estimate of drug-likeness (QED) is 0.174. The molecule has 0 aromatic heterocycles. The first kappa shape index (κ1) is 33.8. The lowest BCUT2D eigenvalue weighted by Gasteiger charge is -2.31. The first-order chi connectivity index (χ1) is 19.2. The molecule has 2 rings (SSSR count). The molecular formula is C31H45BN2O7.